The first-order chi connectivity index (χ1) is 8.92. The number of halogens is 2. The molecule has 1 aromatic heterocycles. The van der Waals surface area contributed by atoms with Gasteiger partial charge in [-0.1, -0.05) is 45.7 Å². The summed E-state index contributed by atoms with van der Waals surface area (Å²) in [4.78, 5) is 0. The second-order valence-electron chi connectivity index (χ2n) is 3.84. The lowest BCUT2D eigenvalue weighted by atomic mass is 10.2. The van der Waals surface area contributed by atoms with Gasteiger partial charge >= 0.3 is 0 Å². The smallest absolute Gasteiger partial charge is 0.255 e. The topological polar surface area (TPSA) is 64.0 Å². The zero-order chi connectivity index (χ0) is 14.0. The second-order valence-corrected chi connectivity index (χ2v) is 6.78. The Morgan fingerprint density at radius 2 is 2.11 bits per heavy atom. The van der Waals surface area contributed by atoms with Crippen LogP contribution in [-0.4, -0.2) is 18.2 Å². The molecule has 1 N–H and O–H groups in total. The molecule has 0 amide bonds. The third-order valence-electron chi connectivity index (χ3n) is 2.51. The van der Waals surface area contributed by atoms with Crippen molar-refractivity contribution in [3.8, 4) is 0 Å². The molecular formula is C11H11BrClN3O2S. The van der Waals surface area contributed by atoms with Crippen LogP contribution in [0, 0.1) is 0 Å². The number of hydrogen-bond donors (Lipinski definition) is 1. The van der Waals surface area contributed by atoms with Crippen LogP contribution in [0.15, 0.2) is 40.0 Å². The van der Waals surface area contributed by atoms with Crippen molar-refractivity contribution in [2.24, 2.45) is 7.05 Å². The summed E-state index contributed by atoms with van der Waals surface area (Å²) in [5.41, 5.74) is 0.837. The van der Waals surface area contributed by atoms with Crippen LogP contribution in [0.2, 0.25) is 5.02 Å². The van der Waals surface area contributed by atoms with Crippen molar-refractivity contribution in [2.75, 3.05) is 0 Å². The first-order valence-electron chi connectivity index (χ1n) is 5.32. The number of sulfonamides is 1. The molecule has 0 saturated carbocycles. The van der Waals surface area contributed by atoms with Gasteiger partial charge in [-0.25, -0.2) is 13.1 Å². The molecule has 0 aliphatic heterocycles. The third-order valence-corrected chi connectivity index (χ3v) is 5.19. The average Bonchev–Trinajstić information content (AvgIpc) is 2.69. The summed E-state index contributed by atoms with van der Waals surface area (Å²) >= 11 is 9.19. The van der Waals surface area contributed by atoms with E-state index in [1.165, 1.54) is 17.9 Å². The number of nitrogens with zero attached hydrogens (tertiary/aromatic N) is 2. The van der Waals surface area contributed by atoms with Gasteiger partial charge < -0.3 is 0 Å². The van der Waals surface area contributed by atoms with E-state index >= 15 is 0 Å². The van der Waals surface area contributed by atoms with Gasteiger partial charge in [0.15, 0.2) is 5.03 Å². The first-order valence-corrected chi connectivity index (χ1v) is 7.98. The molecule has 0 fully saturated rings. The lowest BCUT2D eigenvalue weighted by Gasteiger charge is -2.08. The Hall–Kier alpha value is -0.890. The maximum atomic E-state index is 12.1. The molecule has 2 aromatic rings. The van der Waals surface area contributed by atoms with Crippen molar-refractivity contribution in [3.05, 3.63) is 45.5 Å². The summed E-state index contributed by atoms with van der Waals surface area (Å²) in [6.45, 7) is 0.172. The lowest BCUT2D eigenvalue weighted by molar-refractivity contribution is 0.563. The Bertz CT molecular complexity index is 680. The predicted molar refractivity (Wildman–Crippen MR) is 76.4 cm³/mol. The highest BCUT2D eigenvalue weighted by Crippen LogP contribution is 2.21. The molecule has 2 rings (SSSR count). The highest BCUT2D eigenvalue weighted by Gasteiger charge is 2.22. The molecule has 8 heteroatoms. The van der Waals surface area contributed by atoms with Gasteiger partial charge in [-0.3, -0.25) is 4.68 Å². The second kappa shape index (κ2) is 5.62. The van der Waals surface area contributed by atoms with Crippen LogP contribution in [0.1, 0.15) is 5.56 Å². The minimum atomic E-state index is -3.70. The van der Waals surface area contributed by atoms with E-state index in [4.69, 9.17) is 11.6 Å². The zero-order valence-corrected chi connectivity index (χ0v) is 13.1. The minimum Gasteiger partial charge on any atom is -0.255 e. The van der Waals surface area contributed by atoms with E-state index in [1.54, 1.807) is 0 Å². The summed E-state index contributed by atoms with van der Waals surface area (Å²) in [6, 6.07) is 7.38. The Morgan fingerprint density at radius 3 is 2.68 bits per heavy atom. The van der Waals surface area contributed by atoms with Crippen LogP contribution < -0.4 is 4.72 Å². The van der Waals surface area contributed by atoms with Crippen molar-refractivity contribution >= 4 is 37.6 Å². The normalized spacial score (nSPS) is 11.7. The fraction of sp³-hybridized carbons (Fsp3) is 0.182. The zero-order valence-electron chi connectivity index (χ0n) is 9.97. The molecule has 0 radical (unpaired) electrons. The highest BCUT2D eigenvalue weighted by molar-refractivity contribution is 9.10. The lowest BCUT2D eigenvalue weighted by Crippen LogP contribution is -2.25. The molecule has 0 aliphatic rings. The Labute approximate surface area is 124 Å². The van der Waals surface area contributed by atoms with Crippen LogP contribution in [0.5, 0.6) is 0 Å². The molecule has 1 aromatic carbocycles. The largest absolute Gasteiger partial charge is 0.259 e. The molecule has 0 bridgehead atoms. The van der Waals surface area contributed by atoms with Gasteiger partial charge in [0.2, 0.25) is 0 Å². The summed E-state index contributed by atoms with van der Waals surface area (Å²) in [6.07, 6.45) is 1.30. The highest BCUT2D eigenvalue weighted by atomic mass is 79.9. The van der Waals surface area contributed by atoms with Crippen molar-refractivity contribution in [2.45, 2.75) is 11.6 Å². The van der Waals surface area contributed by atoms with E-state index in [9.17, 15) is 8.42 Å². The van der Waals surface area contributed by atoms with Crippen LogP contribution in [0.4, 0.5) is 0 Å². The van der Waals surface area contributed by atoms with Gasteiger partial charge in [0.25, 0.3) is 10.0 Å². The van der Waals surface area contributed by atoms with E-state index in [-0.39, 0.29) is 16.6 Å². The monoisotopic (exact) mass is 363 g/mol. The third kappa shape index (κ3) is 3.17. The molecule has 5 nitrogen and oxygen atoms in total. The Balaban J connectivity index is 2.22. The van der Waals surface area contributed by atoms with Crippen molar-refractivity contribution in [1.29, 1.82) is 0 Å². The first kappa shape index (κ1) is 14.5. The van der Waals surface area contributed by atoms with Gasteiger partial charge in [-0.2, -0.15) is 5.10 Å². The van der Waals surface area contributed by atoms with Crippen molar-refractivity contribution in [1.82, 2.24) is 14.5 Å². The van der Waals surface area contributed by atoms with E-state index in [0.29, 0.717) is 0 Å². The molecule has 0 unspecified atom stereocenters. The van der Waals surface area contributed by atoms with Gasteiger partial charge in [0.05, 0.1) is 11.2 Å². The van der Waals surface area contributed by atoms with E-state index in [1.807, 2.05) is 24.3 Å². The maximum Gasteiger partial charge on any atom is 0.259 e. The number of nitrogens with one attached hydrogen (secondary N) is 1. The van der Waals surface area contributed by atoms with Crippen LogP contribution >= 0.6 is 27.5 Å². The van der Waals surface area contributed by atoms with Gasteiger partial charge in [0, 0.05) is 18.1 Å². The van der Waals surface area contributed by atoms with Crippen molar-refractivity contribution in [3.63, 3.8) is 0 Å². The van der Waals surface area contributed by atoms with Gasteiger partial charge in [-0.15, -0.1) is 0 Å². The van der Waals surface area contributed by atoms with Crippen molar-refractivity contribution < 1.29 is 8.42 Å². The van der Waals surface area contributed by atoms with Crippen LogP contribution in [0.3, 0.4) is 0 Å². The molecular weight excluding hydrogens is 354 g/mol. The average molecular weight is 365 g/mol. The van der Waals surface area contributed by atoms with Gasteiger partial charge in [-0.05, 0) is 11.6 Å². The number of aryl methyl sites for hydroxylation is 1. The molecule has 0 aliphatic carbocycles. The Morgan fingerprint density at radius 1 is 1.42 bits per heavy atom. The number of rotatable bonds is 4. The fourth-order valence-electron chi connectivity index (χ4n) is 1.58. The van der Waals surface area contributed by atoms with Gasteiger partial charge in [0.1, 0.15) is 0 Å². The van der Waals surface area contributed by atoms with E-state index < -0.39 is 10.0 Å². The minimum absolute atomic E-state index is 0.0405. The Kier molecular flexibility index (Phi) is 4.29. The summed E-state index contributed by atoms with van der Waals surface area (Å²) in [5, 5.41) is 3.87. The molecule has 102 valence electrons. The molecule has 0 saturated heterocycles. The molecule has 0 atom stereocenters. The summed E-state index contributed by atoms with van der Waals surface area (Å²) < 4.78 is 28.9. The van der Waals surface area contributed by atoms with Crippen LogP contribution in [0.25, 0.3) is 0 Å². The molecule has 1 heterocycles. The molecule has 0 spiro atoms. The summed E-state index contributed by atoms with van der Waals surface area (Å²) in [5.74, 6) is 0. The number of benzene rings is 1. The van der Waals surface area contributed by atoms with E-state index in [0.717, 1.165) is 10.0 Å². The predicted octanol–water partition coefficient (Wildman–Crippen LogP) is 2.31. The fourth-order valence-corrected chi connectivity index (χ4v) is 3.67. The standard InChI is InChI=1S/C11H11BrClN3O2S/c1-16-11(10(13)7-14-16)19(17,18)15-6-8-4-2-3-5-9(8)12/h2-5,7,15H,6H2,1H3. The number of aromatic nitrogens is 2. The number of hydrogen-bond acceptors (Lipinski definition) is 3. The van der Waals surface area contributed by atoms with E-state index in [2.05, 4.69) is 25.8 Å². The van der Waals surface area contributed by atoms with Crippen LogP contribution in [-0.2, 0) is 23.6 Å². The SMILES string of the molecule is Cn1ncc(Cl)c1S(=O)(=O)NCc1ccccc1Br. The maximum absolute atomic E-state index is 12.1. The summed E-state index contributed by atoms with van der Waals surface area (Å²) in [7, 11) is -2.17. The molecule has 19 heavy (non-hydrogen) atoms. The quantitative estimate of drug-likeness (QED) is 0.905.